The molecule has 0 saturated carbocycles. The highest BCUT2D eigenvalue weighted by atomic mass is 16.8. The Morgan fingerprint density at radius 2 is 1.57 bits per heavy atom. The molecule has 2 aliphatic rings. The Balaban J connectivity index is 1.80. The number of hydrogen-bond acceptors (Lipinski definition) is 10. The molecule has 168 valence electrons. The van der Waals surface area contributed by atoms with Crippen LogP contribution in [0.15, 0.2) is 30.8 Å². The molecule has 0 amide bonds. The molecular formula is C20H28O10. The minimum Gasteiger partial charge on any atom is -0.462 e. The summed E-state index contributed by atoms with van der Waals surface area (Å²) in [6.45, 7) is 4.57. The van der Waals surface area contributed by atoms with Crippen molar-refractivity contribution < 1.29 is 49.6 Å². The summed E-state index contributed by atoms with van der Waals surface area (Å²) in [6, 6.07) is 6.75. The number of benzene rings is 1. The van der Waals surface area contributed by atoms with Crippen molar-refractivity contribution in [3.05, 3.63) is 36.4 Å². The molecule has 2 heterocycles. The van der Waals surface area contributed by atoms with E-state index in [9.17, 15) is 30.6 Å². The van der Waals surface area contributed by atoms with Gasteiger partial charge in [0.05, 0.1) is 12.7 Å². The van der Waals surface area contributed by atoms with Crippen molar-refractivity contribution in [2.24, 2.45) is 0 Å². The Labute approximate surface area is 173 Å². The fourth-order valence-corrected chi connectivity index (χ4v) is 3.39. The number of rotatable bonds is 6. The van der Waals surface area contributed by atoms with Crippen LogP contribution in [0.5, 0.6) is 5.75 Å². The van der Waals surface area contributed by atoms with Gasteiger partial charge in [0.2, 0.25) is 6.29 Å². The van der Waals surface area contributed by atoms with Gasteiger partial charge in [-0.05, 0) is 24.6 Å². The van der Waals surface area contributed by atoms with E-state index in [4.69, 9.17) is 18.9 Å². The largest absolute Gasteiger partial charge is 0.462 e. The van der Waals surface area contributed by atoms with Crippen molar-refractivity contribution in [3.8, 4) is 5.75 Å². The van der Waals surface area contributed by atoms with Crippen LogP contribution in [-0.2, 0) is 14.2 Å². The summed E-state index contributed by atoms with van der Waals surface area (Å²) in [6.07, 6.45) is -12.0. The lowest BCUT2D eigenvalue weighted by atomic mass is 9.97. The molecule has 30 heavy (non-hydrogen) atoms. The second-order valence-corrected chi connectivity index (χ2v) is 7.38. The highest BCUT2D eigenvalue weighted by Crippen LogP contribution is 2.30. The molecule has 10 nitrogen and oxygen atoms in total. The molecule has 6 N–H and O–H groups in total. The zero-order chi connectivity index (χ0) is 22.0. The van der Waals surface area contributed by atoms with Gasteiger partial charge in [-0.2, -0.15) is 0 Å². The second kappa shape index (κ2) is 9.69. The summed E-state index contributed by atoms with van der Waals surface area (Å²) in [7, 11) is 0. The van der Waals surface area contributed by atoms with E-state index >= 15 is 0 Å². The Morgan fingerprint density at radius 3 is 2.17 bits per heavy atom. The molecule has 0 aromatic heterocycles. The summed E-state index contributed by atoms with van der Waals surface area (Å²) >= 11 is 0. The number of hydrogen-bond donors (Lipinski definition) is 6. The van der Waals surface area contributed by atoms with Crippen LogP contribution in [0.1, 0.15) is 12.5 Å². The minimum atomic E-state index is -1.62. The van der Waals surface area contributed by atoms with Gasteiger partial charge in [0.1, 0.15) is 42.4 Å². The third-order valence-corrected chi connectivity index (χ3v) is 5.29. The molecule has 3 rings (SSSR count). The molecule has 0 bridgehead atoms. The first kappa shape index (κ1) is 23.1. The van der Waals surface area contributed by atoms with Gasteiger partial charge in [-0.1, -0.05) is 24.8 Å². The van der Waals surface area contributed by atoms with Crippen LogP contribution in [0.3, 0.4) is 0 Å². The topological polar surface area (TPSA) is 158 Å². The maximum Gasteiger partial charge on any atom is 0.229 e. The fourth-order valence-electron chi connectivity index (χ4n) is 3.39. The minimum absolute atomic E-state index is 0.355. The predicted octanol–water partition coefficient (Wildman–Crippen LogP) is -1.64. The van der Waals surface area contributed by atoms with Crippen molar-refractivity contribution in [3.63, 3.8) is 0 Å². The Morgan fingerprint density at radius 1 is 0.900 bits per heavy atom. The lowest BCUT2D eigenvalue weighted by molar-refractivity contribution is -0.354. The Bertz CT molecular complexity index is 697. The van der Waals surface area contributed by atoms with Crippen LogP contribution < -0.4 is 4.74 Å². The van der Waals surface area contributed by atoms with Crippen molar-refractivity contribution in [1.82, 2.24) is 0 Å². The van der Waals surface area contributed by atoms with Gasteiger partial charge >= 0.3 is 0 Å². The van der Waals surface area contributed by atoms with Crippen LogP contribution >= 0.6 is 0 Å². The molecule has 2 fully saturated rings. The van der Waals surface area contributed by atoms with Gasteiger partial charge in [-0.15, -0.1) is 0 Å². The van der Waals surface area contributed by atoms with Gasteiger partial charge in [-0.25, -0.2) is 0 Å². The summed E-state index contributed by atoms with van der Waals surface area (Å²) in [5, 5.41) is 60.3. The number of aliphatic hydroxyl groups excluding tert-OH is 6. The molecule has 1 aromatic carbocycles. The van der Waals surface area contributed by atoms with Crippen LogP contribution in [0.4, 0.5) is 0 Å². The molecule has 2 aliphatic heterocycles. The van der Waals surface area contributed by atoms with Crippen LogP contribution in [0, 0.1) is 0 Å². The summed E-state index contributed by atoms with van der Waals surface area (Å²) < 4.78 is 22.4. The molecule has 0 aliphatic carbocycles. The fraction of sp³-hybridized carbons (Fsp3) is 0.600. The van der Waals surface area contributed by atoms with E-state index in [0.29, 0.717) is 5.75 Å². The van der Waals surface area contributed by atoms with Crippen LogP contribution in [0.2, 0.25) is 0 Å². The van der Waals surface area contributed by atoms with E-state index < -0.39 is 68.0 Å². The molecule has 0 unspecified atom stereocenters. The average molecular weight is 428 g/mol. The summed E-state index contributed by atoms with van der Waals surface area (Å²) in [5.41, 5.74) is 0.851. The normalized spacial score (nSPS) is 42.0. The zero-order valence-electron chi connectivity index (χ0n) is 16.4. The van der Waals surface area contributed by atoms with Crippen LogP contribution in [-0.4, -0.2) is 98.7 Å². The van der Waals surface area contributed by atoms with Gasteiger partial charge in [0, 0.05) is 0 Å². The van der Waals surface area contributed by atoms with Gasteiger partial charge in [-0.3, -0.25) is 0 Å². The van der Waals surface area contributed by atoms with E-state index in [1.165, 1.54) is 6.92 Å². The number of aliphatic hydroxyl groups is 6. The maximum absolute atomic E-state index is 10.6. The van der Waals surface area contributed by atoms with E-state index in [2.05, 4.69) is 6.58 Å². The first-order valence-electron chi connectivity index (χ1n) is 9.63. The van der Waals surface area contributed by atoms with Crippen molar-refractivity contribution in [2.75, 3.05) is 6.61 Å². The van der Waals surface area contributed by atoms with Crippen molar-refractivity contribution in [1.29, 1.82) is 0 Å². The second-order valence-electron chi connectivity index (χ2n) is 7.38. The third-order valence-electron chi connectivity index (χ3n) is 5.29. The van der Waals surface area contributed by atoms with Crippen molar-refractivity contribution >= 4 is 6.08 Å². The molecule has 0 radical (unpaired) electrons. The first-order chi connectivity index (χ1) is 14.3. The van der Waals surface area contributed by atoms with E-state index in [-0.39, 0.29) is 0 Å². The summed E-state index contributed by atoms with van der Waals surface area (Å²) in [4.78, 5) is 0. The lowest BCUT2D eigenvalue weighted by Crippen LogP contribution is -2.64. The smallest absolute Gasteiger partial charge is 0.229 e. The average Bonchev–Trinajstić information content (AvgIpc) is 2.75. The first-order valence-corrected chi connectivity index (χ1v) is 9.63. The number of ether oxygens (including phenoxy) is 4. The Hall–Kier alpha value is -1.60. The molecule has 1 aromatic rings. The molecule has 0 spiro atoms. The van der Waals surface area contributed by atoms with Gasteiger partial charge < -0.3 is 49.6 Å². The predicted molar refractivity (Wildman–Crippen MR) is 102 cm³/mol. The summed E-state index contributed by atoms with van der Waals surface area (Å²) in [5.74, 6) is 0.355. The van der Waals surface area contributed by atoms with E-state index in [1.54, 1.807) is 30.3 Å². The standard InChI is InChI=1S/C20H28O10/c1-3-10-4-6-11(7-5-10)28-20-18(16(25)14(23)12(8-21)29-20)30-19-17(26)15(24)13(22)9(2)27-19/h3-7,9,12-26H,1,8H2,2H3/t9-,12+,13-,14+,15+,16-,17+,18+,19+,20+/m0/s1. The molecule has 10 atom stereocenters. The SMILES string of the molecule is C=Cc1ccc(O[C@@H]2O[C@H](CO)[C@@H](O)[C@H](O)[C@H]2O[C@H]2O[C@@H](C)[C@H](O)[C@@H](O)[C@H]2O)cc1. The van der Waals surface area contributed by atoms with Gasteiger partial charge in [0.25, 0.3) is 0 Å². The van der Waals surface area contributed by atoms with E-state index in [0.717, 1.165) is 5.56 Å². The Kier molecular flexibility index (Phi) is 7.45. The highest BCUT2D eigenvalue weighted by molar-refractivity contribution is 5.48. The molecule has 10 heteroatoms. The highest BCUT2D eigenvalue weighted by Gasteiger charge is 2.50. The quantitative estimate of drug-likeness (QED) is 0.310. The van der Waals surface area contributed by atoms with Crippen LogP contribution in [0.25, 0.3) is 6.08 Å². The molecule has 2 saturated heterocycles. The zero-order valence-corrected chi connectivity index (χ0v) is 16.4. The maximum atomic E-state index is 10.6. The third kappa shape index (κ3) is 4.67. The monoisotopic (exact) mass is 428 g/mol. The van der Waals surface area contributed by atoms with Gasteiger partial charge in [0.15, 0.2) is 12.4 Å². The van der Waals surface area contributed by atoms with E-state index in [1.807, 2.05) is 0 Å². The lowest BCUT2D eigenvalue weighted by Gasteiger charge is -2.45. The van der Waals surface area contributed by atoms with Crippen molar-refractivity contribution in [2.45, 2.75) is 68.3 Å². The molecular weight excluding hydrogens is 400 g/mol.